The van der Waals surface area contributed by atoms with Crippen LogP contribution in [0.2, 0.25) is 0 Å². The van der Waals surface area contributed by atoms with Crippen LogP contribution in [0.5, 0.6) is 5.88 Å². The van der Waals surface area contributed by atoms with Crippen molar-refractivity contribution in [1.82, 2.24) is 9.97 Å². The van der Waals surface area contributed by atoms with E-state index < -0.39 is 0 Å². The number of anilines is 1. The summed E-state index contributed by atoms with van der Waals surface area (Å²) in [6.45, 7) is 0. The lowest BCUT2D eigenvalue weighted by molar-refractivity contribution is -0.122. The van der Waals surface area contributed by atoms with E-state index in [1.165, 1.54) is 6.42 Å². The number of fused-ring (bicyclic) bond motifs is 5. The second kappa shape index (κ2) is 5.52. The van der Waals surface area contributed by atoms with Crippen LogP contribution in [0.15, 0.2) is 42.9 Å². The van der Waals surface area contributed by atoms with Crippen LogP contribution in [-0.4, -0.2) is 35.2 Å². The molecule has 5 rings (SSSR count). The minimum atomic E-state index is -0.168. The SMILES string of the molecule is COc1ccc(NC(=O)[C@@H]2[C@@H]3O[C@@H]([C@H]4C[C@H]43)[C@@H]2c2ccncc2)cn1. The first-order valence-corrected chi connectivity index (χ1v) is 8.62. The molecule has 1 saturated carbocycles. The number of hydrogen-bond donors (Lipinski definition) is 1. The minimum absolute atomic E-state index is 0.00614. The van der Waals surface area contributed by atoms with Gasteiger partial charge in [-0.2, -0.15) is 0 Å². The Morgan fingerprint density at radius 3 is 2.72 bits per heavy atom. The summed E-state index contributed by atoms with van der Waals surface area (Å²) in [6, 6.07) is 7.55. The van der Waals surface area contributed by atoms with E-state index in [9.17, 15) is 4.79 Å². The molecule has 3 fully saturated rings. The van der Waals surface area contributed by atoms with Crippen LogP contribution in [0, 0.1) is 17.8 Å². The van der Waals surface area contributed by atoms with E-state index in [2.05, 4.69) is 15.3 Å². The first-order chi connectivity index (χ1) is 12.3. The van der Waals surface area contributed by atoms with Gasteiger partial charge in [0.1, 0.15) is 0 Å². The lowest BCUT2D eigenvalue weighted by atomic mass is 9.75. The molecule has 0 spiro atoms. The first kappa shape index (κ1) is 14.8. The number of carbonyl (C=O) groups is 1. The van der Waals surface area contributed by atoms with Crippen LogP contribution in [-0.2, 0) is 9.53 Å². The van der Waals surface area contributed by atoms with Crippen LogP contribution in [0.25, 0.3) is 0 Å². The first-order valence-electron chi connectivity index (χ1n) is 8.62. The quantitative estimate of drug-likeness (QED) is 0.926. The predicted molar refractivity (Wildman–Crippen MR) is 90.1 cm³/mol. The Bertz CT molecular complexity index is 795. The normalized spacial score (nSPS) is 34.4. The molecule has 128 valence electrons. The zero-order valence-electron chi connectivity index (χ0n) is 13.8. The van der Waals surface area contributed by atoms with Crippen molar-refractivity contribution >= 4 is 11.6 Å². The van der Waals surface area contributed by atoms with Crippen molar-refractivity contribution in [3.05, 3.63) is 48.4 Å². The van der Waals surface area contributed by atoms with Gasteiger partial charge in [0.25, 0.3) is 0 Å². The molecule has 1 aliphatic carbocycles. The number of methoxy groups -OCH3 is 1. The Kier molecular flexibility index (Phi) is 3.28. The Morgan fingerprint density at radius 1 is 1.20 bits per heavy atom. The Hall–Kier alpha value is -2.47. The molecule has 0 aromatic carbocycles. The van der Waals surface area contributed by atoms with Crippen molar-refractivity contribution in [2.24, 2.45) is 17.8 Å². The number of pyridine rings is 2. The molecule has 1 N–H and O–H groups in total. The Balaban J connectivity index is 1.41. The maximum Gasteiger partial charge on any atom is 0.230 e. The summed E-state index contributed by atoms with van der Waals surface area (Å²) in [5.41, 5.74) is 1.82. The molecule has 3 aliphatic rings. The smallest absolute Gasteiger partial charge is 0.230 e. The van der Waals surface area contributed by atoms with Crippen LogP contribution in [0.4, 0.5) is 5.69 Å². The molecule has 0 radical (unpaired) electrons. The fourth-order valence-electron chi connectivity index (χ4n) is 4.58. The lowest BCUT2D eigenvalue weighted by Gasteiger charge is -2.27. The summed E-state index contributed by atoms with van der Waals surface area (Å²) >= 11 is 0. The van der Waals surface area contributed by atoms with Crippen LogP contribution in [0.3, 0.4) is 0 Å². The van der Waals surface area contributed by atoms with E-state index in [4.69, 9.17) is 9.47 Å². The summed E-state index contributed by atoms with van der Waals surface area (Å²) in [5.74, 6) is 1.63. The summed E-state index contributed by atoms with van der Waals surface area (Å²) in [5, 5.41) is 3.01. The molecule has 6 atom stereocenters. The third-order valence-corrected chi connectivity index (χ3v) is 5.75. The van der Waals surface area contributed by atoms with Gasteiger partial charge in [-0.05, 0) is 42.0 Å². The summed E-state index contributed by atoms with van der Waals surface area (Å²) in [4.78, 5) is 21.3. The zero-order valence-corrected chi connectivity index (χ0v) is 13.8. The fraction of sp³-hybridized carbons (Fsp3) is 0.421. The van der Waals surface area contributed by atoms with Crippen molar-refractivity contribution in [3.63, 3.8) is 0 Å². The largest absolute Gasteiger partial charge is 0.481 e. The third-order valence-electron chi connectivity index (χ3n) is 5.75. The van der Waals surface area contributed by atoms with Gasteiger partial charge < -0.3 is 14.8 Å². The number of nitrogens with zero attached hydrogens (tertiary/aromatic N) is 2. The summed E-state index contributed by atoms with van der Waals surface area (Å²) in [7, 11) is 1.57. The third kappa shape index (κ3) is 2.32. The van der Waals surface area contributed by atoms with Crippen molar-refractivity contribution < 1.29 is 14.3 Å². The van der Waals surface area contributed by atoms with Crippen molar-refractivity contribution in [2.75, 3.05) is 12.4 Å². The van der Waals surface area contributed by atoms with E-state index >= 15 is 0 Å². The molecule has 0 unspecified atom stereocenters. The van der Waals surface area contributed by atoms with Crippen molar-refractivity contribution in [2.45, 2.75) is 24.5 Å². The number of nitrogens with one attached hydrogen (secondary N) is 1. The minimum Gasteiger partial charge on any atom is -0.481 e. The number of rotatable bonds is 4. The maximum atomic E-state index is 13.0. The zero-order chi connectivity index (χ0) is 17.0. The van der Waals surface area contributed by atoms with E-state index in [1.54, 1.807) is 37.8 Å². The highest BCUT2D eigenvalue weighted by Crippen LogP contribution is 2.65. The highest BCUT2D eigenvalue weighted by Gasteiger charge is 2.68. The molecule has 2 aromatic heterocycles. The average Bonchev–Trinajstić information content (AvgIpc) is 3.27. The summed E-state index contributed by atoms with van der Waals surface area (Å²) < 4.78 is 11.3. The molecule has 4 heterocycles. The number of amides is 1. The standard InChI is InChI=1S/C19H19N3O3/c1-24-14-3-2-11(9-21-14)22-19(23)16-15(10-4-6-20-7-5-10)17-12-8-13(12)18(16)25-17/h2-7,9,12-13,15-18H,8H2,1H3,(H,22,23)/t12-,13+,15+,16-,17-,18+/m0/s1. The van der Waals surface area contributed by atoms with E-state index in [0.717, 1.165) is 5.56 Å². The molecule has 2 aliphatic heterocycles. The average molecular weight is 337 g/mol. The predicted octanol–water partition coefficient (Wildman–Crippen LogP) is 2.24. The van der Waals surface area contributed by atoms with E-state index in [1.807, 2.05) is 12.1 Å². The van der Waals surface area contributed by atoms with Gasteiger partial charge in [-0.25, -0.2) is 4.98 Å². The van der Waals surface area contributed by atoms with Gasteiger partial charge >= 0.3 is 0 Å². The second-order valence-corrected chi connectivity index (χ2v) is 7.04. The molecular formula is C19H19N3O3. The number of hydrogen-bond acceptors (Lipinski definition) is 5. The van der Waals surface area contributed by atoms with Gasteiger partial charge in [0.2, 0.25) is 11.8 Å². The molecule has 25 heavy (non-hydrogen) atoms. The highest BCUT2D eigenvalue weighted by atomic mass is 16.5. The highest BCUT2D eigenvalue weighted by molar-refractivity contribution is 5.94. The van der Waals surface area contributed by atoms with Gasteiger partial charge in [-0.1, -0.05) is 0 Å². The van der Waals surface area contributed by atoms with Gasteiger partial charge in [-0.15, -0.1) is 0 Å². The van der Waals surface area contributed by atoms with Gasteiger partial charge in [0.05, 0.1) is 37.1 Å². The fourth-order valence-corrected chi connectivity index (χ4v) is 4.58. The lowest BCUT2D eigenvalue weighted by Crippen LogP contribution is -2.37. The Morgan fingerprint density at radius 2 is 2.00 bits per heavy atom. The van der Waals surface area contributed by atoms with Crippen LogP contribution >= 0.6 is 0 Å². The molecule has 2 saturated heterocycles. The number of aromatic nitrogens is 2. The van der Waals surface area contributed by atoms with E-state index in [0.29, 0.717) is 23.4 Å². The second-order valence-electron chi connectivity index (χ2n) is 7.04. The molecule has 1 amide bonds. The van der Waals surface area contributed by atoms with Crippen LogP contribution in [0.1, 0.15) is 17.9 Å². The number of carbonyl (C=O) groups excluding carboxylic acids is 1. The Labute approximate surface area is 145 Å². The topological polar surface area (TPSA) is 73.3 Å². The summed E-state index contributed by atoms with van der Waals surface area (Å²) in [6.07, 6.45) is 6.56. The maximum absolute atomic E-state index is 13.0. The van der Waals surface area contributed by atoms with Gasteiger partial charge in [0, 0.05) is 24.4 Å². The number of ether oxygens (including phenoxy) is 2. The van der Waals surface area contributed by atoms with Crippen molar-refractivity contribution in [1.29, 1.82) is 0 Å². The monoisotopic (exact) mass is 337 g/mol. The van der Waals surface area contributed by atoms with Crippen LogP contribution < -0.4 is 10.1 Å². The molecule has 2 bridgehead atoms. The van der Waals surface area contributed by atoms with Gasteiger partial charge in [0.15, 0.2) is 0 Å². The molecular weight excluding hydrogens is 318 g/mol. The van der Waals surface area contributed by atoms with Crippen molar-refractivity contribution in [3.8, 4) is 5.88 Å². The molecule has 6 nitrogen and oxygen atoms in total. The molecule has 2 aromatic rings. The molecule has 6 heteroatoms. The van der Waals surface area contributed by atoms with Gasteiger partial charge in [-0.3, -0.25) is 9.78 Å². The van der Waals surface area contributed by atoms with E-state index in [-0.39, 0.29) is 30.0 Å².